The molecule has 0 bridgehead atoms. The molecule has 1 rings (SSSR count). The van der Waals surface area contributed by atoms with Crippen LogP contribution in [0, 0.1) is 5.92 Å². The Morgan fingerprint density at radius 3 is 2.50 bits per heavy atom. The van der Waals surface area contributed by atoms with Crippen LogP contribution in [0.1, 0.15) is 40.0 Å². The number of hydrogen-bond donors (Lipinski definition) is 2. The van der Waals surface area contributed by atoms with Gasteiger partial charge in [-0.1, -0.05) is 0 Å². The highest BCUT2D eigenvalue weighted by atomic mass is 16.7. The van der Waals surface area contributed by atoms with Gasteiger partial charge in [-0.25, -0.2) is 5.48 Å². The molecule has 1 amide bonds. The number of rotatable bonds is 2. The lowest BCUT2D eigenvalue weighted by atomic mass is 10.1. The van der Waals surface area contributed by atoms with Crippen LogP contribution in [0.4, 0.5) is 0 Å². The first-order valence-electron chi connectivity index (χ1n) is 5.12. The fraction of sp³-hybridized carbons (Fsp3) is 0.900. The van der Waals surface area contributed by atoms with Crippen LogP contribution in [0.3, 0.4) is 0 Å². The quantitative estimate of drug-likeness (QED) is 0.652. The summed E-state index contributed by atoms with van der Waals surface area (Å²) in [5.74, 6) is 0.000208. The van der Waals surface area contributed by atoms with Crippen molar-refractivity contribution in [1.29, 1.82) is 0 Å². The van der Waals surface area contributed by atoms with E-state index in [1.54, 1.807) is 0 Å². The van der Waals surface area contributed by atoms with E-state index in [0.29, 0.717) is 0 Å². The normalized spacial score (nSPS) is 27.7. The molecule has 2 atom stereocenters. The fourth-order valence-electron chi connectivity index (χ4n) is 1.54. The summed E-state index contributed by atoms with van der Waals surface area (Å²) < 4.78 is 0. The molecule has 0 saturated heterocycles. The predicted molar refractivity (Wildman–Crippen MR) is 54.3 cm³/mol. The Balaban J connectivity index is 2.29. The molecule has 4 nitrogen and oxygen atoms in total. The predicted octanol–water partition coefficient (Wildman–Crippen LogP) is 0.960. The van der Waals surface area contributed by atoms with Crippen LogP contribution < -0.4 is 11.2 Å². The number of carbonyl (C=O) groups is 1. The first-order chi connectivity index (χ1) is 6.38. The zero-order valence-corrected chi connectivity index (χ0v) is 9.17. The van der Waals surface area contributed by atoms with E-state index in [4.69, 9.17) is 10.6 Å². The van der Waals surface area contributed by atoms with Gasteiger partial charge in [0, 0.05) is 12.0 Å². The summed E-state index contributed by atoms with van der Waals surface area (Å²) in [6.07, 6.45) is 2.59. The molecule has 82 valence electrons. The molecule has 0 spiro atoms. The van der Waals surface area contributed by atoms with Crippen LogP contribution in [-0.4, -0.2) is 17.6 Å². The van der Waals surface area contributed by atoms with Gasteiger partial charge in [0.25, 0.3) is 0 Å². The van der Waals surface area contributed by atoms with Crippen molar-refractivity contribution in [2.45, 2.75) is 51.7 Å². The summed E-state index contributed by atoms with van der Waals surface area (Å²) >= 11 is 0. The van der Waals surface area contributed by atoms with E-state index in [1.165, 1.54) is 0 Å². The van der Waals surface area contributed by atoms with E-state index < -0.39 is 0 Å². The van der Waals surface area contributed by atoms with Gasteiger partial charge in [0.2, 0.25) is 5.91 Å². The van der Waals surface area contributed by atoms with Gasteiger partial charge in [-0.05, 0) is 40.0 Å². The molecule has 2 unspecified atom stereocenters. The highest BCUT2D eigenvalue weighted by molar-refractivity contribution is 5.77. The largest absolute Gasteiger partial charge is 0.328 e. The van der Waals surface area contributed by atoms with E-state index in [-0.39, 0.29) is 23.5 Å². The Bertz CT molecular complexity index is 211. The van der Waals surface area contributed by atoms with E-state index in [9.17, 15) is 4.79 Å². The van der Waals surface area contributed by atoms with Gasteiger partial charge in [-0.15, -0.1) is 0 Å². The third kappa shape index (κ3) is 3.64. The maximum absolute atomic E-state index is 11.5. The summed E-state index contributed by atoms with van der Waals surface area (Å²) in [4.78, 5) is 16.7. The zero-order chi connectivity index (χ0) is 10.8. The molecule has 3 N–H and O–H groups in total. The molecule has 0 radical (unpaired) electrons. The third-order valence-electron chi connectivity index (χ3n) is 2.30. The molecule has 0 aliphatic heterocycles. The number of hydroxylamine groups is 1. The number of amides is 1. The maximum Gasteiger partial charge on any atom is 0.246 e. The van der Waals surface area contributed by atoms with E-state index in [1.807, 2.05) is 20.8 Å². The van der Waals surface area contributed by atoms with Gasteiger partial charge in [0.15, 0.2) is 0 Å². The van der Waals surface area contributed by atoms with E-state index >= 15 is 0 Å². The second kappa shape index (κ2) is 4.28. The van der Waals surface area contributed by atoms with Crippen molar-refractivity contribution < 1.29 is 9.63 Å². The van der Waals surface area contributed by atoms with Crippen molar-refractivity contribution in [3.05, 3.63) is 0 Å². The minimum Gasteiger partial charge on any atom is -0.328 e. The number of nitrogens with two attached hydrogens (primary N) is 1. The molecule has 1 aliphatic carbocycles. The number of carbonyl (C=O) groups excluding carboxylic acids is 1. The van der Waals surface area contributed by atoms with Crippen LogP contribution >= 0.6 is 0 Å². The summed E-state index contributed by atoms with van der Waals surface area (Å²) in [5.41, 5.74) is 7.88. The second-order valence-electron chi connectivity index (χ2n) is 4.95. The Hall–Kier alpha value is -0.610. The van der Waals surface area contributed by atoms with Crippen molar-refractivity contribution >= 4 is 5.91 Å². The molecular weight excluding hydrogens is 180 g/mol. The molecule has 0 aromatic heterocycles. The smallest absolute Gasteiger partial charge is 0.246 e. The molecule has 0 aromatic rings. The Kier molecular flexibility index (Phi) is 3.50. The van der Waals surface area contributed by atoms with Crippen LogP contribution in [0.25, 0.3) is 0 Å². The third-order valence-corrected chi connectivity index (χ3v) is 2.30. The molecule has 1 saturated carbocycles. The molecule has 0 heterocycles. The lowest BCUT2D eigenvalue weighted by Gasteiger charge is -2.20. The molecule has 4 heteroatoms. The van der Waals surface area contributed by atoms with Gasteiger partial charge < -0.3 is 5.73 Å². The van der Waals surface area contributed by atoms with Gasteiger partial charge >= 0.3 is 0 Å². The van der Waals surface area contributed by atoms with Crippen LogP contribution in [0.5, 0.6) is 0 Å². The Morgan fingerprint density at radius 1 is 1.43 bits per heavy atom. The van der Waals surface area contributed by atoms with Gasteiger partial charge in [-0.2, -0.15) is 0 Å². The average molecular weight is 200 g/mol. The standard InChI is InChI=1S/C10H20N2O2/c1-10(2,3)14-12-9(13)7-4-5-8(11)6-7/h7-8H,4-6,11H2,1-3H3,(H,12,13). The summed E-state index contributed by atoms with van der Waals surface area (Å²) in [6, 6.07) is 0.181. The first kappa shape index (κ1) is 11.5. The van der Waals surface area contributed by atoms with Gasteiger partial charge in [-0.3, -0.25) is 9.63 Å². The van der Waals surface area contributed by atoms with E-state index in [2.05, 4.69) is 5.48 Å². The number of nitrogens with one attached hydrogen (secondary N) is 1. The average Bonchev–Trinajstić information content (AvgIpc) is 2.46. The second-order valence-corrected chi connectivity index (χ2v) is 4.95. The summed E-state index contributed by atoms with van der Waals surface area (Å²) in [6.45, 7) is 5.69. The van der Waals surface area contributed by atoms with E-state index in [0.717, 1.165) is 19.3 Å². The summed E-state index contributed by atoms with van der Waals surface area (Å²) in [5, 5.41) is 0. The van der Waals surface area contributed by atoms with Crippen molar-refractivity contribution in [1.82, 2.24) is 5.48 Å². The minimum atomic E-state index is -0.337. The fourth-order valence-corrected chi connectivity index (χ4v) is 1.54. The van der Waals surface area contributed by atoms with Crippen molar-refractivity contribution in [3.63, 3.8) is 0 Å². The Labute approximate surface area is 85.1 Å². The lowest BCUT2D eigenvalue weighted by Crippen LogP contribution is -2.37. The van der Waals surface area contributed by atoms with Crippen LogP contribution in [0.2, 0.25) is 0 Å². The molecular formula is C10H20N2O2. The molecule has 1 aliphatic rings. The van der Waals surface area contributed by atoms with Crippen molar-refractivity contribution in [2.24, 2.45) is 11.7 Å². The van der Waals surface area contributed by atoms with Gasteiger partial charge in [0.1, 0.15) is 0 Å². The molecule has 0 aromatic carbocycles. The van der Waals surface area contributed by atoms with Crippen molar-refractivity contribution in [2.75, 3.05) is 0 Å². The first-order valence-corrected chi connectivity index (χ1v) is 5.12. The number of hydrogen-bond acceptors (Lipinski definition) is 3. The monoisotopic (exact) mass is 200 g/mol. The highest BCUT2D eigenvalue weighted by Crippen LogP contribution is 2.24. The maximum atomic E-state index is 11.5. The van der Waals surface area contributed by atoms with Crippen LogP contribution in [0.15, 0.2) is 0 Å². The lowest BCUT2D eigenvalue weighted by molar-refractivity contribution is -0.149. The molecule has 14 heavy (non-hydrogen) atoms. The minimum absolute atomic E-state index is 0.0344. The SMILES string of the molecule is CC(C)(C)ONC(=O)C1CCC(N)C1. The topological polar surface area (TPSA) is 64.3 Å². The summed E-state index contributed by atoms with van der Waals surface area (Å²) in [7, 11) is 0. The van der Waals surface area contributed by atoms with Crippen LogP contribution in [-0.2, 0) is 9.63 Å². The van der Waals surface area contributed by atoms with Crippen molar-refractivity contribution in [3.8, 4) is 0 Å². The highest BCUT2D eigenvalue weighted by Gasteiger charge is 2.28. The Morgan fingerprint density at radius 2 is 2.07 bits per heavy atom. The zero-order valence-electron chi connectivity index (χ0n) is 9.17. The van der Waals surface area contributed by atoms with Gasteiger partial charge in [0.05, 0.1) is 5.60 Å². The molecule has 1 fully saturated rings.